The van der Waals surface area contributed by atoms with Gasteiger partial charge in [0.15, 0.2) is 0 Å². The van der Waals surface area contributed by atoms with Crippen LogP contribution in [0, 0.1) is 0 Å². The van der Waals surface area contributed by atoms with Crippen LogP contribution >= 0.6 is 31.9 Å². The average Bonchev–Trinajstić information content (AvgIpc) is 2.80. The van der Waals surface area contributed by atoms with E-state index in [1.807, 2.05) is 0 Å². The van der Waals surface area contributed by atoms with Gasteiger partial charge in [-0.15, -0.1) is 0 Å². The number of rotatable bonds is 6. The summed E-state index contributed by atoms with van der Waals surface area (Å²) >= 11 is 6.59. The molecule has 4 rings (SSSR count). The number of benzene rings is 4. The second-order valence-corrected chi connectivity index (χ2v) is 12.7. The topological polar surface area (TPSA) is 77.5 Å². The minimum absolute atomic E-state index is 0.146. The first kappa shape index (κ1) is 23.7. The molecule has 0 amide bonds. The number of ether oxygens (including phenoxy) is 1. The van der Waals surface area contributed by atoms with Gasteiger partial charge in [-0.3, -0.25) is 0 Å². The highest BCUT2D eigenvalue weighted by Crippen LogP contribution is 2.29. The zero-order valence-electron chi connectivity index (χ0n) is 16.9. The van der Waals surface area contributed by atoms with Gasteiger partial charge in [0.2, 0.25) is 19.7 Å². The first-order chi connectivity index (χ1) is 15.7. The van der Waals surface area contributed by atoms with Crippen molar-refractivity contribution >= 4 is 51.5 Å². The van der Waals surface area contributed by atoms with E-state index in [-0.39, 0.29) is 19.6 Å². The van der Waals surface area contributed by atoms with Crippen molar-refractivity contribution in [2.75, 3.05) is 0 Å². The third kappa shape index (κ3) is 5.22. The molecule has 0 unspecified atom stereocenters. The van der Waals surface area contributed by atoms with E-state index in [1.54, 1.807) is 48.5 Å². The lowest BCUT2D eigenvalue weighted by molar-refractivity contribution is 0.481. The summed E-state index contributed by atoms with van der Waals surface area (Å²) in [4.78, 5) is 0.685. The fourth-order valence-electron chi connectivity index (χ4n) is 3.01. The molecule has 0 aliphatic carbocycles. The van der Waals surface area contributed by atoms with E-state index in [0.29, 0.717) is 11.5 Å². The van der Waals surface area contributed by atoms with E-state index in [4.69, 9.17) is 4.74 Å². The van der Waals surface area contributed by atoms with Crippen molar-refractivity contribution in [3.63, 3.8) is 0 Å². The molecule has 0 atom stereocenters. The van der Waals surface area contributed by atoms with Crippen LogP contribution in [0.15, 0.2) is 126 Å². The van der Waals surface area contributed by atoms with E-state index >= 15 is 0 Å². The lowest BCUT2D eigenvalue weighted by Gasteiger charge is -2.09. The Labute approximate surface area is 209 Å². The van der Waals surface area contributed by atoms with Gasteiger partial charge in [-0.25, -0.2) is 16.8 Å². The Morgan fingerprint density at radius 1 is 0.424 bits per heavy atom. The van der Waals surface area contributed by atoms with Gasteiger partial charge in [0, 0.05) is 8.95 Å². The molecular weight excluding hydrogens is 592 g/mol. The molecule has 9 heteroatoms. The quantitative estimate of drug-likeness (QED) is 0.245. The van der Waals surface area contributed by atoms with Gasteiger partial charge < -0.3 is 4.74 Å². The maximum Gasteiger partial charge on any atom is 0.206 e. The highest BCUT2D eigenvalue weighted by atomic mass is 79.9. The van der Waals surface area contributed by atoms with Crippen molar-refractivity contribution in [2.24, 2.45) is 0 Å². The van der Waals surface area contributed by atoms with Crippen LogP contribution in [0.1, 0.15) is 0 Å². The molecule has 0 aliphatic rings. The molecule has 0 spiro atoms. The molecule has 0 bridgehead atoms. The van der Waals surface area contributed by atoms with E-state index in [2.05, 4.69) is 31.9 Å². The zero-order valence-corrected chi connectivity index (χ0v) is 21.7. The highest BCUT2D eigenvalue weighted by molar-refractivity contribution is 9.10. The maximum atomic E-state index is 12.8. The fourth-order valence-corrected chi connectivity index (χ4v) is 6.06. The lowest BCUT2D eigenvalue weighted by Crippen LogP contribution is -2.02. The lowest BCUT2D eigenvalue weighted by atomic mass is 10.3. The van der Waals surface area contributed by atoms with Gasteiger partial charge in [-0.05, 0) is 97.1 Å². The molecule has 0 N–H and O–H groups in total. The molecule has 0 heterocycles. The molecule has 4 aromatic rings. The van der Waals surface area contributed by atoms with Crippen molar-refractivity contribution < 1.29 is 21.6 Å². The third-order valence-electron chi connectivity index (χ3n) is 4.75. The molecule has 168 valence electrons. The zero-order chi connectivity index (χ0) is 23.6. The van der Waals surface area contributed by atoms with Crippen LogP contribution in [-0.2, 0) is 19.7 Å². The van der Waals surface area contributed by atoms with Crippen molar-refractivity contribution in [3.05, 3.63) is 106 Å². The Bertz CT molecular complexity index is 1360. The molecule has 33 heavy (non-hydrogen) atoms. The average molecular weight is 608 g/mol. The minimum Gasteiger partial charge on any atom is -0.457 e. The normalized spacial score (nSPS) is 11.8. The summed E-state index contributed by atoms with van der Waals surface area (Å²) in [6.07, 6.45) is 0. The second-order valence-electron chi connectivity index (χ2n) is 6.96. The Morgan fingerprint density at radius 2 is 0.667 bits per heavy atom. The van der Waals surface area contributed by atoms with Gasteiger partial charge in [-0.2, -0.15) is 0 Å². The van der Waals surface area contributed by atoms with Crippen molar-refractivity contribution in [2.45, 2.75) is 19.6 Å². The summed E-state index contributed by atoms with van der Waals surface area (Å²) < 4.78 is 58.4. The molecule has 4 aromatic carbocycles. The third-order valence-corrected chi connectivity index (χ3v) is 9.38. The van der Waals surface area contributed by atoms with Crippen molar-refractivity contribution in [3.8, 4) is 11.5 Å². The predicted molar refractivity (Wildman–Crippen MR) is 132 cm³/mol. The van der Waals surface area contributed by atoms with Crippen molar-refractivity contribution in [1.82, 2.24) is 0 Å². The Morgan fingerprint density at radius 3 is 0.939 bits per heavy atom. The van der Waals surface area contributed by atoms with E-state index < -0.39 is 19.7 Å². The van der Waals surface area contributed by atoms with Crippen LogP contribution in [0.5, 0.6) is 11.5 Å². The highest BCUT2D eigenvalue weighted by Gasteiger charge is 2.19. The van der Waals surface area contributed by atoms with E-state index in [9.17, 15) is 16.8 Å². The molecule has 0 aliphatic heterocycles. The second kappa shape index (κ2) is 9.42. The number of hydrogen-bond donors (Lipinski definition) is 0. The first-order valence-electron chi connectivity index (χ1n) is 9.55. The molecule has 0 saturated heterocycles. The van der Waals surface area contributed by atoms with Gasteiger partial charge in [0.25, 0.3) is 0 Å². The smallest absolute Gasteiger partial charge is 0.206 e. The number of hydrogen-bond acceptors (Lipinski definition) is 5. The summed E-state index contributed by atoms with van der Waals surface area (Å²) in [5.41, 5.74) is 0. The Kier molecular flexibility index (Phi) is 6.76. The van der Waals surface area contributed by atoms with Crippen molar-refractivity contribution in [1.29, 1.82) is 0 Å². The predicted octanol–water partition coefficient (Wildman–Crippen LogP) is 6.67. The molecule has 0 radical (unpaired) electrons. The Hall–Kier alpha value is -2.46. The summed E-state index contributed by atoms with van der Waals surface area (Å²) in [6, 6.07) is 24.9. The van der Waals surface area contributed by atoms with Gasteiger partial charge >= 0.3 is 0 Å². The Balaban J connectivity index is 1.51. The SMILES string of the molecule is O=S(=O)(c1ccc(Br)cc1)c1ccc(Oc2ccc(S(=O)(=O)c3ccc(Br)cc3)cc2)cc1. The molecule has 5 nitrogen and oxygen atoms in total. The first-order valence-corrected chi connectivity index (χ1v) is 14.1. The fraction of sp³-hybridized carbons (Fsp3) is 0. The van der Waals surface area contributed by atoms with Crippen LogP contribution in [0.3, 0.4) is 0 Å². The van der Waals surface area contributed by atoms with E-state index in [1.165, 1.54) is 48.5 Å². The maximum absolute atomic E-state index is 12.8. The van der Waals surface area contributed by atoms with Crippen LogP contribution in [-0.4, -0.2) is 16.8 Å². The molecule has 0 fully saturated rings. The van der Waals surface area contributed by atoms with Crippen LogP contribution in [0.4, 0.5) is 0 Å². The van der Waals surface area contributed by atoms with Crippen LogP contribution < -0.4 is 4.74 Å². The summed E-state index contributed by atoms with van der Waals surface area (Å²) in [7, 11) is -7.28. The number of halogens is 2. The minimum atomic E-state index is -3.64. The largest absolute Gasteiger partial charge is 0.457 e. The molecule has 0 aromatic heterocycles. The standard InChI is InChI=1S/C24H16Br2O5S2/c25-17-1-9-21(10-2-17)32(27,28)23-13-5-19(6-14-23)31-20-7-15-24(16-8-20)33(29,30)22-11-3-18(26)4-12-22/h1-16H. The van der Waals surface area contributed by atoms with Gasteiger partial charge in [-0.1, -0.05) is 31.9 Å². The monoisotopic (exact) mass is 606 g/mol. The van der Waals surface area contributed by atoms with Crippen LogP contribution in [0.25, 0.3) is 0 Å². The summed E-state index contributed by atoms with van der Waals surface area (Å²) in [5.74, 6) is 0.849. The summed E-state index contributed by atoms with van der Waals surface area (Å²) in [5, 5.41) is 0. The van der Waals surface area contributed by atoms with Gasteiger partial charge in [0.1, 0.15) is 11.5 Å². The molecular formula is C24H16Br2O5S2. The number of sulfone groups is 2. The van der Waals surface area contributed by atoms with Crippen LogP contribution in [0.2, 0.25) is 0 Å². The summed E-state index contributed by atoms with van der Waals surface area (Å²) in [6.45, 7) is 0. The molecule has 0 saturated carbocycles. The van der Waals surface area contributed by atoms with E-state index in [0.717, 1.165) is 8.95 Å². The van der Waals surface area contributed by atoms with Gasteiger partial charge in [0.05, 0.1) is 19.6 Å².